The predicted octanol–water partition coefficient (Wildman–Crippen LogP) is -4.77. The zero-order valence-electron chi connectivity index (χ0n) is 16.5. The van der Waals surface area contributed by atoms with Gasteiger partial charge in [0.1, 0.15) is 24.4 Å². The largest absolute Gasteiger partial charge is 0.481 e. The Morgan fingerprint density at radius 2 is 1.42 bits per heavy atom. The zero-order valence-corrected chi connectivity index (χ0v) is 16.5. The van der Waals surface area contributed by atoms with Gasteiger partial charge in [0, 0.05) is 19.8 Å². The van der Waals surface area contributed by atoms with Gasteiger partial charge in [0.25, 0.3) is 0 Å². The molecule has 0 saturated heterocycles. The van der Waals surface area contributed by atoms with E-state index in [-0.39, 0.29) is 12.8 Å². The second kappa shape index (κ2) is 15.2. The second-order valence-electron chi connectivity index (χ2n) is 6.33. The predicted molar refractivity (Wildman–Crippen MR) is 98.5 cm³/mol. The summed E-state index contributed by atoms with van der Waals surface area (Å²) in [7, 11) is 0. The number of Topliss-reactive ketones (excluding diaryl/α,β-unsaturated/α-hetero) is 1. The lowest BCUT2D eigenvalue weighted by Gasteiger charge is -2.32. The van der Waals surface area contributed by atoms with E-state index in [1.54, 1.807) is 0 Å². The van der Waals surface area contributed by atoms with Crippen LogP contribution in [0.2, 0.25) is 0 Å². The number of hydrogen-bond acceptors (Lipinski definition) is 11. The number of ketones is 1. The zero-order chi connectivity index (χ0) is 24.9. The molecule has 11 N–H and O–H groups in total. The van der Waals surface area contributed by atoms with Crippen LogP contribution in [-0.4, -0.2) is 114 Å². The second-order valence-corrected chi connectivity index (χ2v) is 6.33. The fourth-order valence-electron chi connectivity index (χ4n) is 2.00. The van der Waals surface area contributed by atoms with Crippen LogP contribution >= 0.6 is 0 Å². The van der Waals surface area contributed by atoms with Crippen molar-refractivity contribution in [2.45, 2.75) is 62.7 Å². The third-order valence-corrected chi connectivity index (χ3v) is 3.70. The van der Waals surface area contributed by atoms with Crippen LogP contribution in [-0.2, 0) is 24.0 Å². The molecule has 0 aliphatic carbocycles. The average molecular weight is 456 g/mol. The van der Waals surface area contributed by atoms with Gasteiger partial charge in [-0.25, -0.2) is 4.79 Å². The van der Waals surface area contributed by atoms with Crippen LogP contribution in [0.1, 0.15) is 26.2 Å². The van der Waals surface area contributed by atoms with Crippen molar-refractivity contribution in [3.63, 3.8) is 0 Å². The molecule has 0 heterocycles. The lowest BCUT2D eigenvalue weighted by atomic mass is 9.94. The molecule has 15 heteroatoms. The van der Waals surface area contributed by atoms with Crippen molar-refractivity contribution in [2.24, 2.45) is 5.73 Å². The first-order chi connectivity index (χ1) is 14.1. The summed E-state index contributed by atoms with van der Waals surface area (Å²) in [4.78, 5) is 52.3. The highest BCUT2D eigenvalue weighted by molar-refractivity contribution is 6.32. The van der Waals surface area contributed by atoms with Crippen molar-refractivity contribution in [3.8, 4) is 0 Å². The van der Waals surface area contributed by atoms with Gasteiger partial charge in [0.2, 0.25) is 11.7 Å². The lowest BCUT2D eigenvalue weighted by molar-refractivity contribution is -0.151. The van der Waals surface area contributed by atoms with Crippen LogP contribution in [0.25, 0.3) is 0 Å². The summed E-state index contributed by atoms with van der Waals surface area (Å²) in [5, 5.41) is 73.7. The first-order valence-corrected chi connectivity index (χ1v) is 8.72. The molecule has 1 amide bonds. The maximum Gasteiger partial charge on any atom is 0.372 e. The smallest absolute Gasteiger partial charge is 0.372 e. The molecule has 31 heavy (non-hydrogen) atoms. The minimum atomic E-state index is -1.94. The highest BCUT2D eigenvalue weighted by Crippen LogP contribution is 2.11. The van der Waals surface area contributed by atoms with Gasteiger partial charge in [-0.1, -0.05) is 0 Å². The molecule has 0 bridgehead atoms. The van der Waals surface area contributed by atoms with E-state index in [0.717, 1.165) is 6.92 Å². The summed E-state index contributed by atoms with van der Waals surface area (Å²) in [5.74, 6) is -6.09. The molecule has 0 rings (SSSR count). The van der Waals surface area contributed by atoms with Crippen LogP contribution in [0.3, 0.4) is 0 Å². The molecule has 0 aliphatic heterocycles. The van der Waals surface area contributed by atoms with Gasteiger partial charge in [-0.3, -0.25) is 19.2 Å². The lowest BCUT2D eigenvalue weighted by Crippen LogP contribution is -2.57. The van der Waals surface area contributed by atoms with Crippen LogP contribution in [0.4, 0.5) is 0 Å². The monoisotopic (exact) mass is 456 g/mol. The SMILES string of the molecule is CC(=O)N[C@@H]([C@@H](O)[C@H](O)[C@H](O)CO)[C@@H](O)CC(=O)C(=O)O.NC(CCC(=O)O)C(=O)O. The summed E-state index contributed by atoms with van der Waals surface area (Å²) < 4.78 is 0. The number of amides is 1. The van der Waals surface area contributed by atoms with E-state index < -0.39 is 79.1 Å². The van der Waals surface area contributed by atoms with Crippen molar-refractivity contribution in [1.82, 2.24) is 5.32 Å². The van der Waals surface area contributed by atoms with E-state index >= 15 is 0 Å². The van der Waals surface area contributed by atoms with E-state index in [0.29, 0.717) is 0 Å². The van der Waals surface area contributed by atoms with E-state index in [2.05, 4.69) is 0 Å². The molecule has 0 saturated carbocycles. The Morgan fingerprint density at radius 1 is 0.903 bits per heavy atom. The van der Waals surface area contributed by atoms with Crippen molar-refractivity contribution in [2.75, 3.05) is 6.61 Å². The van der Waals surface area contributed by atoms with Gasteiger partial charge in [-0.2, -0.15) is 0 Å². The number of carbonyl (C=O) groups excluding carboxylic acids is 2. The Bertz CT molecular complexity index is 627. The molecule has 1 unspecified atom stereocenters. The molecule has 0 radical (unpaired) electrons. The number of hydrogen-bond donors (Lipinski definition) is 10. The normalized spacial score (nSPS) is 16.4. The van der Waals surface area contributed by atoms with Gasteiger partial charge in [-0.15, -0.1) is 0 Å². The number of rotatable bonds is 13. The van der Waals surface area contributed by atoms with Gasteiger partial charge >= 0.3 is 17.9 Å². The molecule has 0 spiro atoms. The Labute approximate surface area is 175 Å². The molecule has 180 valence electrons. The van der Waals surface area contributed by atoms with Gasteiger partial charge < -0.3 is 51.9 Å². The van der Waals surface area contributed by atoms with Crippen molar-refractivity contribution in [1.29, 1.82) is 0 Å². The minimum Gasteiger partial charge on any atom is -0.481 e. The molecular weight excluding hydrogens is 428 g/mol. The van der Waals surface area contributed by atoms with Gasteiger partial charge in [0.15, 0.2) is 0 Å². The summed E-state index contributed by atoms with van der Waals surface area (Å²) in [6, 6.07) is -2.67. The standard InChI is InChI=1S/C11H19NO9.C5H9NO4/c1-4(14)12-8(5(15)2-6(16)11(20)21)10(19)9(18)7(17)3-13;6-3(5(9)10)1-2-4(7)8/h5,7-10,13,15,17-19H,2-3H2,1H3,(H,12,14)(H,20,21);3H,1-2,6H2,(H,7,8)(H,9,10)/t5-,7+,8+,9+,10+;/m0./s1. The van der Waals surface area contributed by atoms with E-state index in [1.165, 1.54) is 0 Å². The van der Waals surface area contributed by atoms with E-state index in [9.17, 15) is 44.4 Å². The molecule has 6 atom stereocenters. The number of aliphatic hydroxyl groups excluding tert-OH is 5. The molecule has 0 aliphatic rings. The van der Waals surface area contributed by atoms with Crippen LogP contribution in [0, 0.1) is 0 Å². The summed E-state index contributed by atoms with van der Waals surface area (Å²) in [6.07, 6.45) is -8.57. The third kappa shape index (κ3) is 13.3. The molecule has 0 aromatic rings. The average Bonchev–Trinajstić information content (AvgIpc) is 2.68. The number of nitrogens with two attached hydrogens (primary N) is 1. The summed E-state index contributed by atoms with van der Waals surface area (Å²) >= 11 is 0. The van der Waals surface area contributed by atoms with Gasteiger partial charge in [0.05, 0.1) is 18.8 Å². The molecule has 0 fully saturated rings. The summed E-state index contributed by atoms with van der Waals surface area (Å²) in [5.41, 5.74) is 5.00. The maximum absolute atomic E-state index is 11.0. The van der Waals surface area contributed by atoms with Crippen molar-refractivity contribution < 1.29 is 64.8 Å². The fourth-order valence-corrected chi connectivity index (χ4v) is 2.00. The highest BCUT2D eigenvalue weighted by Gasteiger charge is 2.37. The minimum absolute atomic E-state index is 0.0231. The maximum atomic E-state index is 11.0. The van der Waals surface area contributed by atoms with Crippen molar-refractivity contribution in [3.05, 3.63) is 0 Å². The fraction of sp³-hybridized carbons (Fsp3) is 0.688. The first-order valence-electron chi connectivity index (χ1n) is 8.72. The van der Waals surface area contributed by atoms with E-state index in [1.807, 2.05) is 5.32 Å². The van der Waals surface area contributed by atoms with Gasteiger partial charge in [-0.05, 0) is 6.42 Å². The molecular formula is C16H28N2O13. The Morgan fingerprint density at radius 3 is 1.77 bits per heavy atom. The Kier molecular flexibility index (Phi) is 14.9. The quantitative estimate of drug-likeness (QED) is 0.116. The van der Waals surface area contributed by atoms with Crippen LogP contribution in [0.15, 0.2) is 0 Å². The topological polar surface area (TPSA) is 285 Å². The first kappa shape index (κ1) is 30.5. The molecule has 15 nitrogen and oxygen atoms in total. The van der Waals surface area contributed by atoms with Crippen molar-refractivity contribution >= 4 is 29.6 Å². The number of aliphatic hydroxyl groups is 5. The third-order valence-electron chi connectivity index (χ3n) is 3.70. The number of carbonyl (C=O) groups is 5. The molecule has 0 aromatic heterocycles. The summed E-state index contributed by atoms with van der Waals surface area (Å²) in [6.45, 7) is 0.134. The number of carboxylic acid groups (broad SMARTS) is 3. The Balaban J connectivity index is 0. The van der Waals surface area contributed by atoms with Crippen LogP contribution < -0.4 is 11.1 Å². The number of nitrogens with one attached hydrogen (secondary N) is 1. The van der Waals surface area contributed by atoms with Crippen LogP contribution in [0.5, 0.6) is 0 Å². The highest BCUT2D eigenvalue weighted by atomic mass is 16.4. The molecule has 0 aromatic carbocycles. The number of carboxylic acids is 3. The Hall–Kier alpha value is -2.69. The number of aliphatic carboxylic acids is 3. The van der Waals surface area contributed by atoms with E-state index in [4.69, 9.17) is 26.2 Å².